The second-order valence-corrected chi connectivity index (χ2v) is 7.71. The van der Waals surface area contributed by atoms with E-state index in [4.69, 9.17) is 9.47 Å². The maximum atomic E-state index is 13.6. The second-order valence-electron chi connectivity index (χ2n) is 7.71. The first-order valence-corrected chi connectivity index (χ1v) is 10.6. The third kappa shape index (κ3) is 5.02. The molecule has 0 bridgehead atoms. The zero-order valence-electron chi connectivity index (χ0n) is 18.7. The number of hydrogen-bond donors (Lipinski definition) is 0. The zero-order chi connectivity index (χ0) is 23.1. The predicted octanol–water partition coefficient (Wildman–Crippen LogP) is 3.96. The molecule has 0 unspecified atom stereocenters. The van der Waals surface area contributed by atoms with Crippen molar-refractivity contribution in [3.05, 3.63) is 85.0 Å². The van der Waals surface area contributed by atoms with Gasteiger partial charge in [0, 0.05) is 13.1 Å². The van der Waals surface area contributed by atoms with Gasteiger partial charge in [0.05, 0.1) is 14.2 Å². The van der Waals surface area contributed by atoms with E-state index < -0.39 is 12.1 Å². The van der Waals surface area contributed by atoms with Gasteiger partial charge in [-0.3, -0.25) is 9.59 Å². The number of ether oxygens (including phenoxy) is 2. The molecule has 1 aliphatic rings. The summed E-state index contributed by atoms with van der Waals surface area (Å²) in [6.07, 6.45) is 4.16. The van der Waals surface area contributed by atoms with Crippen molar-refractivity contribution in [2.75, 3.05) is 14.2 Å². The van der Waals surface area contributed by atoms with Crippen LogP contribution in [0.2, 0.25) is 0 Å². The molecule has 0 saturated carbocycles. The van der Waals surface area contributed by atoms with Crippen molar-refractivity contribution in [3.63, 3.8) is 0 Å². The van der Waals surface area contributed by atoms with E-state index in [1.165, 1.54) is 0 Å². The lowest BCUT2D eigenvalue weighted by molar-refractivity contribution is -0.163. The van der Waals surface area contributed by atoms with Crippen LogP contribution >= 0.6 is 0 Å². The van der Waals surface area contributed by atoms with Crippen LogP contribution < -0.4 is 9.47 Å². The van der Waals surface area contributed by atoms with E-state index in [1.54, 1.807) is 36.2 Å². The normalized spacial score (nSPS) is 18.4. The fourth-order valence-corrected chi connectivity index (χ4v) is 3.96. The Morgan fingerprint density at radius 2 is 1.06 bits per heavy atom. The maximum Gasteiger partial charge on any atom is 0.246 e. The van der Waals surface area contributed by atoms with Crippen molar-refractivity contribution in [2.45, 2.75) is 38.0 Å². The quantitative estimate of drug-likeness (QED) is 0.531. The van der Waals surface area contributed by atoms with E-state index in [2.05, 4.69) is 13.2 Å². The van der Waals surface area contributed by atoms with Crippen molar-refractivity contribution in [1.82, 2.24) is 9.80 Å². The van der Waals surface area contributed by atoms with Crippen LogP contribution in [0.3, 0.4) is 0 Å². The first-order valence-electron chi connectivity index (χ1n) is 10.6. The number of piperazine rings is 1. The lowest BCUT2D eigenvalue weighted by Gasteiger charge is -2.45. The van der Waals surface area contributed by atoms with Gasteiger partial charge in [-0.15, -0.1) is 13.2 Å². The SMILES string of the molecule is C=CC[C@H]1C(=O)N(Cc2ccc(OC)cc2)[C@@H](CC=C)C(=O)N1Cc1ccc(OC)cc1. The Hall–Kier alpha value is -3.54. The van der Waals surface area contributed by atoms with Crippen molar-refractivity contribution in [2.24, 2.45) is 0 Å². The van der Waals surface area contributed by atoms with Crippen LogP contribution in [-0.2, 0) is 22.7 Å². The van der Waals surface area contributed by atoms with Crippen molar-refractivity contribution < 1.29 is 19.1 Å². The Morgan fingerprint density at radius 1 is 0.719 bits per heavy atom. The van der Waals surface area contributed by atoms with E-state index >= 15 is 0 Å². The first-order chi connectivity index (χ1) is 15.5. The average molecular weight is 435 g/mol. The summed E-state index contributed by atoms with van der Waals surface area (Å²) in [6, 6.07) is 13.9. The molecule has 2 amide bonds. The van der Waals surface area contributed by atoms with E-state index in [0.29, 0.717) is 25.9 Å². The molecule has 0 spiro atoms. The Bertz CT molecular complexity index is 873. The van der Waals surface area contributed by atoms with Crippen LogP contribution in [0.15, 0.2) is 73.8 Å². The standard InChI is InChI=1S/C26H30N2O4/c1-5-7-23-25(29)28(18-20-11-15-22(32-4)16-12-20)24(8-6-2)26(30)27(23)17-19-9-13-21(31-3)14-10-19/h5-6,9-16,23-24H,1-2,7-8,17-18H2,3-4H3/t23-,24-/m0/s1. The molecule has 6 heteroatoms. The first kappa shape index (κ1) is 23.1. The summed E-state index contributed by atoms with van der Waals surface area (Å²) in [5, 5.41) is 0. The Kier molecular flexibility index (Phi) is 7.71. The third-order valence-corrected chi connectivity index (χ3v) is 5.69. The minimum atomic E-state index is -0.596. The van der Waals surface area contributed by atoms with Gasteiger partial charge in [0.25, 0.3) is 0 Å². The highest BCUT2D eigenvalue weighted by atomic mass is 16.5. The van der Waals surface area contributed by atoms with Gasteiger partial charge >= 0.3 is 0 Å². The summed E-state index contributed by atoms with van der Waals surface area (Å²) < 4.78 is 10.4. The molecule has 168 valence electrons. The van der Waals surface area contributed by atoms with Gasteiger partial charge < -0.3 is 19.3 Å². The highest BCUT2D eigenvalue weighted by molar-refractivity contribution is 5.97. The fourth-order valence-electron chi connectivity index (χ4n) is 3.96. The molecule has 6 nitrogen and oxygen atoms in total. The van der Waals surface area contributed by atoms with Gasteiger partial charge in [0.2, 0.25) is 11.8 Å². The highest BCUT2D eigenvalue weighted by Gasteiger charge is 2.44. The number of hydrogen-bond acceptors (Lipinski definition) is 4. The molecule has 32 heavy (non-hydrogen) atoms. The summed E-state index contributed by atoms with van der Waals surface area (Å²) in [7, 11) is 3.22. The van der Waals surface area contributed by atoms with Crippen LogP contribution in [0.5, 0.6) is 11.5 Å². The van der Waals surface area contributed by atoms with Crippen LogP contribution in [0.4, 0.5) is 0 Å². The van der Waals surface area contributed by atoms with Crippen molar-refractivity contribution in [3.8, 4) is 11.5 Å². The predicted molar refractivity (Wildman–Crippen MR) is 124 cm³/mol. The number of nitrogens with zero attached hydrogens (tertiary/aromatic N) is 2. The van der Waals surface area contributed by atoms with Gasteiger partial charge in [-0.1, -0.05) is 36.4 Å². The molecule has 2 aromatic rings. The number of rotatable bonds is 10. The molecule has 1 fully saturated rings. The Labute approximate surface area is 189 Å². The van der Waals surface area contributed by atoms with Gasteiger partial charge in [0.1, 0.15) is 23.6 Å². The minimum absolute atomic E-state index is 0.0827. The summed E-state index contributed by atoms with van der Waals surface area (Å²) in [5.41, 5.74) is 1.86. The molecule has 0 radical (unpaired) electrons. The molecule has 1 aliphatic heterocycles. The van der Waals surface area contributed by atoms with Crippen LogP contribution in [0.25, 0.3) is 0 Å². The molecule has 2 atom stereocenters. The smallest absolute Gasteiger partial charge is 0.246 e. The van der Waals surface area contributed by atoms with Gasteiger partial charge in [-0.25, -0.2) is 0 Å². The molecule has 2 aromatic carbocycles. The Morgan fingerprint density at radius 3 is 1.34 bits per heavy atom. The molecule has 0 aromatic heterocycles. The topological polar surface area (TPSA) is 59.1 Å². The van der Waals surface area contributed by atoms with E-state index in [1.807, 2.05) is 48.5 Å². The van der Waals surface area contributed by atoms with Gasteiger partial charge in [0.15, 0.2) is 0 Å². The number of carbonyl (C=O) groups excluding carboxylic acids is 2. The average Bonchev–Trinajstić information content (AvgIpc) is 2.82. The summed E-state index contributed by atoms with van der Waals surface area (Å²) in [4.78, 5) is 30.5. The lowest BCUT2D eigenvalue weighted by Crippen LogP contribution is -2.63. The summed E-state index contributed by atoms with van der Waals surface area (Å²) >= 11 is 0. The fraction of sp³-hybridized carbons (Fsp3) is 0.308. The van der Waals surface area contributed by atoms with E-state index in [0.717, 1.165) is 22.6 Å². The number of carbonyl (C=O) groups is 2. The lowest BCUT2D eigenvalue weighted by atomic mass is 9.97. The van der Waals surface area contributed by atoms with Gasteiger partial charge in [-0.05, 0) is 48.2 Å². The van der Waals surface area contributed by atoms with Crippen molar-refractivity contribution in [1.29, 1.82) is 0 Å². The Balaban J connectivity index is 1.89. The van der Waals surface area contributed by atoms with Crippen LogP contribution in [-0.4, -0.2) is 47.9 Å². The van der Waals surface area contributed by atoms with E-state index in [9.17, 15) is 9.59 Å². The zero-order valence-corrected chi connectivity index (χ0v) is 18.7. The van der Waals surface area contributed by atoms with Crippen LogP contribution in [0, 0.1) is 0 Å². The molecular formula is C26H30N2O4. The van der Waals surface area contributed by atoms with Gasteiger partial charge in [-0.2, -0.15) is 0 Å². The highest BCUT2D eigenvalue weighted by Crippen LogP contribution is 2.27. The number of benzene rings is 2. The molecule has 1 saturated heterocycles. The monoisotopic (exact) mass is 434 g/mol. The molecular weight excluding hydrogens is 404 g/mol. The minimum Gasteiger partial charge on any atom is -0.497 e. The summed E-state index contributed by atoms with van der Waals surface area (Å²) in [6.45, 7) is 8.30. The third-order valence-electron chi connectivity index (χ3n) is 5.69. The molecule has 0 N–H and O–H groups in total. The van der Waals surface area contributed by atoms with E-state index in [-0.39, 0.29) is 11.8 Å². The largest absolute Gasteiger partial charge is 0.497 e. The second kappa shape index (κ2) is 10.7. The molecule has 0 aliphatic carbocycles. The number of amides is 2. The molecule has 1 heterocycles. The van der Waals surface area contributed by atoms with Crippen LogP contribution in [0.1, 0.15) is 24.0 Å². The maximum absolute atomic E-state index is 13.6. The van der Waals surface area contributed by atoms with Crippen molar-refractivity contribution >= 4 is 11.8 Å². The molecule has 3 rings (SSSR count). The number of methoxy groups -OCH3 is 2. The summed E-state index contributed by atoms with van der Waals surface area (Å²) in [5.74, 6) is 1.32.